The number of benzene rings is 1. The van der Waals surface area contributed by atoms with Gasteiger partial charge in [-0.3, -0.25) is 0 Å². The summed E-state index contributed by atoms with van der Waals surface area (Å²) in [7, 11) is 1.92. The van der Waals surface area contributed by atoms with E-state index in [-0.39, 0.29) is 11.9 Å². The fourth-order valence-electron chi connectivity index (χ4n) is 2.61. The summed E-state index contributed by atoms with van der Waals surface area (Å²) in [6.45, 7) is 14.8. The molecule has 1 unspecified atom stereocenters. The van der Waals surface area contributed by atoms with E-state index < -0.39 is 0 Å². The van der Waals surface area contributed by atoms with Gasteiger partial charge in [0.2, 0.25) is 0 Å². The van der Waals surface area contributed by atoms with Gasteiger partial charge in [0.1, 0.15) is 5.82 Å². The molecule has 2 nitrogen and oxygen atoms in total. The van der Waals surface area contributed by atoms with Crippen molar-refractivity contribution in [2.75, 3.05) is 25.0 Å². The van der Waals surface area contributed by atoms with Crippen LogP contribution >= 0.6 is 0 Å². The van der Waals surface area contributed by atoms with Crippen molar-refractivity contribution in [3.05, 3.63) is 29.1 Å². The Labute approximate surface area is 129 Å². The van der Waals surface area contributed by atoms with Gasteiger partial charge in [-0.15, -0.1) is 0 Å². The number of rotatable bonds is 7. The van der Waals surface area contributed by atoms with Gasteiger partial charge < -0.3 is 10.2 Å². The Morgan fingerprint density at radius 3 is 2.00 bits per heavy atom. The van der Waals surface area contributed by atoms with E-state index in [1.165, 1.54) is 0 Å². The summed E-state index contributed by atoms with van der Waals surface area (Å²) in [5.74, 6) is 1.03. The molecular formula is C18H31FN2. The van der Waals surface area contributed by atoms with Gasteiger partial charge in [-0.2, -0.15) is 0 Å². The summed E-state index contributed by atoms with van der Waals surface area (Å²) in [6.07, 6.45) is 0. The highest BCUT2D eigenvalue weighted by atomic mass is 19.1. The minimum Gasteiger partial charge on any atom is -0.371 e. The summed E-state index contributed by atoms with van der Waals surface area (Å²) >= 11 is 0. The summed E-state index contributed by atoms with van der Waals surface area (Å²) in [5.41, 5.74) is 2.93. The van der Waals surface area contributed by atoms with Crippen LogP contribution in [0.5, 0.6) is 0 Å². The van der Waals surface area contributed by atoms with Crippen molar-refractivity contribution < 1.29 is 4.39 Å². The van der Waals surface area contributed by atoms with Crippen LogP contribution < -0.4 is 10.2 Å². The summed E-state index contributed by atoms with van der Waals surface area (Å²) < 4.78 is 14.0. The zero-order chi connectivity index (χ0) is 16.2. The third kappa shape index (κ3) is 4.99. The van der Waals surface area contributed by atoms with Crippen LogP contribution in [0.4, 0.5) is 10.1 Å². The SMILES string of the molecule is CNC(C)c1cc(F)c(C)cc1N(CC(C)C)CC(C)C. The van der Waals surface area contributed by atoms with Gasteiger partial charge in [0.15, 0.2) is 0 Å². The van der Waals surface area contributed by atoms with Crippen LogP contribution in [0.2, 0.25) is 0 Å². The number of hydrogen-bond acceptors (Lipinski definition) is 2. The average Bonchev–Trinajstić information content (AvgIpc) is 2.38. The van der Waals surface area contributed by atoms with Crippen LogP contribution in [-0.4, -0.2) is 20.1 Å². The molecule has 0 amide bonds. The molecule has 0 saturated heterocycles. The van der Waals surface area contributed by atoms with Crippen molar-refractivity contribution in [2.24, 2.45) is 11.8 Å². The highest BCUT2D eigenvalue weighted by molar-refractivity contribution is 5.57. The van der Waals surface area contributed by atoms with Crippen LogP contribution in [-0.2, 0) is 0 Å². The van der Waals surface area contributed by atoms with E-state index in [0.29, 0.717) is 11.8 Å². The van der Waals surface area contributed by atoms with Crippen molar-refractivity contribution in [1.82, 2.24) is 5.32 Å². The summed E-state index contributed by atoms with van der Waals surface area (Å²) in [6, 6.07) is 3.83. The summed E-state index contributed by atoms with van der Waals surface area (Å²) in [5, 5.41) is 3.24. The van der Waals surface area contributed by atoms with Gasteiger partial charge in [-0.25, -0.2) is 4.39 Å². The fourth-order valence-corrected chi connectivity index (χ4v) is 2.61. The molecule has 0 spiro atoms. The molecule has 0 aliphatic heterocycles. The lowest BCUT2D eigenvalue weighted by molar-refractivity contribution is 0.544. The molecule has 0 radical (unpaired) electrons. The number of aryl methyl sites for hydroxylation is 1. The van der Waals surface area contributed by atoms with E-state index in [1.54, 1.807) is 6.07 Å². The molecule has 0 fully saturated rings. The lowest BCUT2D eigenvalue weighted by Gasteiger charge is -2.32. The molecule has 0 aliphatic rings. The Bertz CT molecular complexity index is 445. The van der Waals surface area contributed by atoms with E-state index in [1.807, 2.05) is 20.0 Å². The maximum Gasteiger partial charge on any atom is 0.126 e. The first-order valence-electron chi connectivity index (χ1n) is 7.98. The molecule has 0 heterocycles. The number of nitrogens with zero attached hydrogens (tertiary/aromatic N) is 1. The Kier molecular flexibility index (Phi) is 6.66. The Morgan fingerprint density at radius 1 is 1.05 bits per heavy atom. The maximum absolute atomic E-state index is 14.0. The monoisotopic (exact) mass is 294 g/mol. The molecule has 0 saturated carbocycles. The molecule has 1 atom stereocenters. The van der Waals surface area contributed by atoms with Crippen LogP contribution in [0.25, 0.3) is 0 Å². The van der Waals surface area contributed by atoms with Crippen molar-refractivity contribution >= 4 is 5.69 Å². The predicted octanol–water partition coefficient (Wildman–Crippen LogP) is 4.53. The first-order chi connectivity index (χ1) is 9.76. The van der Waals surface area contributed by atoms with Crippen molar-refractivity contribution in [3.63, 3.8) is 0 Å². The molecule has 0 aliphatic carbocycles. The zero-order valence-electron chi connectivity index (χ0n) is 14.6. The Balaban J connectivity index is 3.29. The van der Waals surface area contributed by atoms with Crippen LogP contribution in [0.3, 0.4) is 0 Å². The number of halogens is 1. The first-order valence-corrected chi connectivity index (χ1v) is 7.98. The Morgan fingerprint density at radius 2 is 1.57 bits per heavy atom. The van der Waals surface area contributed by atoms with Gasteiger partial charge in [-0.05, 0) is 56.0 Å². The second kappa shape index (κ2) is 7.79. The quantitative estimate of drug-likeness (QED) is 0.794. The number of anilines is 1. The standard InChI is InChI=1S/C18H31FN2/c1-12(2)10-21(11-13(3)4)18-8-14(5)17(19)9-16(18)15(6)20-7/h8-9,12-13,15,20H,10-11H2,1-7H3. The Hall–Kier alpha value is -1.09. The number of hydrogen-bond donors (Lipinski definition) is 1. The first kappa shape index (κ1) is 18.0. The maximum atomic E-state index is 14.0. The molecule has 120 valence electrons. The molecule has 1 N–H and O–H groups in total. The molecule has 1 rings (SSSR count). The summed E-state index contributed by atoms with van der Waals surface area (Å²) in [4.78, 5) is 2.41. The second-order valence-electron chi connectivity index (χ2n) is 6.86. The molecule has 0 aromatic heterocycles. The third-order valence-corrected chi connectivity index (χ3v) is 3.72. The zero-order valence-corrected chi connectivity index (χ0v) is 14.6. The van der Waals surface area contributed by atoms with E-state index in [0.717, 1.165) is 29.9 Å². The van der Waals surface area contributed by atoms with Crippen molar-refractivity contribution in [3.8, 4) is 0 Å². The lowest BCUT2D eigenvalue weighted by Crippen LogP contribution is -2.33. The van der Waals surface area contributed by atoms with Gasteiger partial charge in [-0.1, -0.05) is 27.7 Å². The van der Waals surface area contributed by atoms with Gasteiger partial charge >= 0.3 is 0 Å². The minimum absolute atomic E-state index is 0.120. The van der Waals surface area contributed by atoms with Crippen molar-refractivity contribution in [2.45, 2.75) is 47.6 Å². The highest BCUT2D eigenvalue weighted by Gasteiger charge is 2.19. The smallest absolute Gasteiger partial charge is 0.126 e. The average molecular weight is 294 g/mol. The molecule has 21 heavy (non-hydrogen) atoms. The largest absolute Gasteiger partial charge is 0.371 e. The normalized spacial score (nSPS) is 13.0. The van der Waals surface area contributed by atoms with Gasteiger partial charge in [0.25, 0.3) is 0 Å². The second-order valence-corrected chi connectivity index (χ2v) is 6.86. The van der Waals surface area contributed by atoms with E-state index in [4.69, 9.17) is 0 Å². The predicted molar refractivity (Wildman–Crippen MR) is 90.5 cm³/mol. The minimum atomic E-state index is -0.120. The van der Waals surface area contributed by atoms with E-state index >= 15 is 0 Å². The molecule has 1 aromatic rings. The topological polar surface area (TPSA) is 15.3 Å². The third-order valence-electron chi connectivity index (χ3n) is 3.72. The molecule has 1 aromatic carbocycles. The molecule has 3 heteroatoms. The van der Waals surface area contributed by atoms with Gasteiger partial charge in [0.05, 0.1) is 0 Å². The number of nitrogens with one attached hydrogen (secondary N) is 1. The highest BCUT2D eigenvalue weighted by Crippen LogP contribution is 2.30. The van der Waals surface area contributed by atoms with Crippen molar-refractivity contribution in [1.29, 1.82) is 0 Å². The lowest BCUT2D eigenvalue weighted by atomic mass is 10.0. The molecular weight excluding hydrogens is 263 g/mol. The molecule has 0 bridgehead atoms. The van der Waals surface area contributed by atoms with E-state index in [2.05, 4.69) is 44.8 Å². The van der Waals surface area contributed by atoms with E-state index in [9.17, 15) is 4.39 Å². The van der Waals surface area contributed by atoms with Crippen LogP contribution in [0.15, 0.2) is 12.1 Å². The van der Waals surface area contributed by atoms with Crippen LogP contribution in [0.1, 0.15) is 51.8 Å². The van der Waals surface area contributed by atoms with Gasteiger partial charge in [0, 0.05) is 24.8 Å². The fraction of sp³-hybridized carbons (Fsp3) is 0.667. The van der Waals surface area contributed by atoms with Crippen LogP contribution in [0, 0.1) is 24.6 Å².